The first-order valence-electron chi connectivity index (χ1n) is 17.2. The third kappa shape index (κ3) is 9.76. The summed E-state index contributed by atoms with van der Waals surface area (Å²) >= 11 is 1.00. The molecule has 0 spiro atoms. The highest BCUT2D eigenvalue weighted by Gasteiger charge is 2.31. The average molecular weight is 802 g/mol. The highest BCUT2D eigenvalue weighted by atomic mass is 32.1. The maximum atomic E-state index is 15.7. The number of imide groups is 1. The predicted octanol–water partition coefficient (Wildman–Crippen LogP) is 3.30. The van der Waals surface area contributed by atoms with Gasteiger partial charge in [0, 0.05) is 66.2 Å². The minimum absolute atomic E-state index is 0.0505. The number of ketones is 1. The van der Waals surface area contributed by atoms with Gasteiger partial charge in [0.15, 0.2) is 40.4 Å². The number of nitrogens with one attached hydrogen (secondary N) is 1. The van der Waals surface area contributed by atoms with Crippen LogP contribution in [0.4, 0.5) is 8.78 Å². The summed E-state index contributed by atoms with van der Waals surface area (Å²) < 4.78 is 58.7. The first-order chi connectivity index (χ1) is 26.8. The van der Waals surface area contributed by atoms with Gasteiger partial charge in [-0.15, -0.1) is 11.3 Å². The Morgan fingerprint density at radius 3 is 2.16 bits per heavy atom. The fourth-order valence-electron chi connectivity index (χ4n) is 5.78. The zero-order valence-corrected chi connectivity index (χ0v) is 31.1. The molecule has 0 bridgehead atoms. The van der Waals surface area contributed by atoms with E-state index in [4.69, 9.17) is 28.8 Å². The van der Waals surface area contributed by atoms with Crippen LogP contribution < -0.4 is 24.3 Å². The summed E-state index contributed by atoms with van der Waals surface area (Å²) in [6.07, 6.45) is 1.22. The molecule has 0 aliphatic carbocycles. The summed E-state index contributed by atoms with van der Waals surface area (Å²) in [5.74, 6) is -6.20. The predicted molar refractivity (Wildman–Crippen MR) is 191 cm³/mol. The number of aliphatic carboxylic acids is 1. The third-order valence-corrected chi connectivity index (χ3v) is 9.74. The zero-order chi connectivity index (χ0) is 40.5. The van der Waals surface area contributed by atoms with Gasteiger partial charge in [-0.25, -0.2) is 8.78 Å². The quantitative estimate of drug-likeness (QED) is 0.0730. The topological polar surface area (TPSA) is 204 Å². The van der Waals surface area contributed by atoms with Gasteiger partial charge in [0.2, 0.25) is 11.8 Å². The molecule has 3 aromatic rings. The van der Waals surface area contributed by atoms with Crippen LogP contribution in [0.15, 0.2) is 30.4 Å². The Labute approximate surface area is 321 Å². The fraction of sp³-hybridized carbons (Fsp3) is 0.378. The van der Waals surface area contributed by atoms with Gasteiger partial charge in [-0.05, 0) is 17.7 Å². The van der Waals surface area contributed by atoms with Crippen molar-refractivity contribution in [3.63, 3.8) is 0 Å². The van der Waals surface area contributed by atoms with Crippen molar-refractivity contribution < 1.29 is 71.1 Å². The van der Waals surface area contributed by atoms with Gasteiger partial charge < -0.3 is 39.0 Å². The van der Waals surface area contributed by atoms with Gasteiger partial charge in [-0.2, -0.15) is 0 Å². The molecule has 2 aliphatic heterocycles. The fourth-order valence-corrected chi connectivity index (χ4v) is 6.83. The van der Waals surface area contributed by atoms with Crippen LogP contribution in [0.5, 0.6) is 23.0 Å². The van der Waals surface area contributed by atoms with Gasteiger partial charge in [0.05, 0.1) is 51.7 Å². The molecule has 0 unspecified atom stereocenters. The van der Waals surface area contributed by atoms with Crippen LogP contribution in [0.3, 0.4) is 0 Å². The number of amides is 4. The first kappa shape index (κ1) is 41.1. The number of rotatable bonds is 20. The molecule has 2 aliphatic rings. The minimum Gasteiger partial charge on any atom is -0.493 e. The Kier molecular flexibility index (Phi) is 13.6. The molecular formula is C37H37F2N3O13S. The van der Waals surface area contributed by atoms with Crippen molar-refractivity contribution in [1.82, 2.24) is 15.1 Å². The summed E-state index contributed by atoms with van der Waals surface area (Å²) in [5.41, 5.74) is 0.752. The van der Waals surface area contributed by atoms with Crippen LogP contribution in [-0.2, 0) is 46.6 Å². The lowest BCUT2D eigenvalue weighted by Gasteiger charge is -2.15. The molecule has 4 amide bonds. The molecule has 1 aromatic heterocycles. The van der Waals surface area contributed by atoms with Crippen molar-refractivity contribution in [2.45, 2.75) is 45.2 Å². The van der Waals surface area contributed by atoms with E-state index in [1.54, 1.807) is 6.07 Å². The van der Waals surface area contributed by atoms with Gasteiger partial charge in [0.25, 0.3) is 11.8 Å². The van der Waals surface area contributed by atoms with Crippen LogP contribution in [0.1, 0.15) is 52.9 Å². The summed E-state index contributed by atoms with van der Waals surface area (Å²) in [7, 11) is 2.66. The number of methoxy groups -OCH3 is 2. The SMILES string of the molecule is COc1cc2c(c(F)c1OCCCOc1c(OC)cc3sc(C(=O)CCC(=O)OCCNC(=O)CN4C(=O)C=CC4=O)cc3c1F)CN(C(=O)CCC(=O)O)C2. The standard InChI is InChI=1S/C37H37F2N3O13S/c1-51-24-14-20-17-41(29(45)7-8-32(48)49)18-22(20)35(39)36(24)54-11-3-12-55-37-25(52-2)16-26-21(34(37)38)15-27(56-26)23(43)4-9-33(50)53-13-10-40-28(44)19-42-30(46)5-6-31(42)47/h5-6,14-16H,3-4,7-13,17-19H2,1-2H3,(H,40,44)(H,48,49). The number of esters is 1. The highest BCUT2D eigenvalue weighted by Crippen LogP contribution is 2.41. The monoisotopic (exact) mass is 801 g/mol. The molecule has 0 radical (unpaired) electrons. The number of hydrogen-bond donors (Lipinski definition) is 2. The second-order valence-corrected chi connectivity index (χ2v) is 13.5. The Bertz CT molecular complexity index is 2080. The van der Waals surface area contributed by atoms with E-state index in [-0.39, 0.29) is 110 Å². The van der Waals surface area contributed by atoms with Gasteiger partial charge in [-0.1, -0.05) is 0 Å². The molecule has 2 aromatic carbocycles. The van der Waals surface area contributed by atoms with Gasteiger partial charge in [0.1, 0.15) is 13.2 Å². The second kappa shape index (κ2) is 18.5. The number of carboxylic acids is 1. The van der Waals surface area contributed by atoms with E-state index in [0.717, 1.165) is 28.4 Å². The van der Waals surface area contributed by atoms with Crippen molar-refractivity contribution in [2.75, 3.05) is 47.1 Å². The molecule has 56 heavy (non-hydrogen) atoms. The molecule has 0 fully saturated rings. The molecule has 0 saturated carbocycles. The van der Waals surface area contributed by atoms with Crippen LogP contribution in [0.25, 0.3) is 10.1 Å². The Morgan fingerprint density at radius 2 is 1.50 bits per heavy atom. The van der Waals surface area contributed by atoms with Crippen molar-refractivity contribution in [3.8, 4) is 23.0 Å². The number of fused-ring (bicyclic) bond motifs is 2. The Hall–Kier alpha value is -6.11. The van der Waals surface area contributed by atoms with E-state index < -0.39 is 59.5 Å². The summed E-state index contributed by atoms with van der Waals surface area (Å²) in [6, 6.07) is 4.43. The number of thiophene rings is 1. The van der Waals surface area contributed by atoms with E-state index in [9.17, 15) is 33.6 Å². The van der Waals surface area contributed by atoms with E-state index >= 15 is 8.78 Å². The Balaban J connectivity index is 1.09. The Morgan fingerprint density at radius 1 is 0.839 bits per heavy atom. The number of nitrogens with zero attached hydrogens (tertiary/aromatic N) is 2. The van der Waals surface area contributed by atoms with Gasteiger partial charge in [-0.3, -0.25) is 38.5 Å². The van der Waals surface area contributed by atoms with E-state index in [1.165, 1.54) is 31.3 Å². The zero-order valence-electron chi connectivity index (χ0n) is 30.3. The molecule has 0 atom stereocenters. The molecule has 19 heteroatoms. The van der Waals surface area contributed by atoms with Crippen molar-refractivity contribution in [3.05, 3.63) is 58.0 Å². The minimum atomic E-state index is -1.11. The number of benzene rings is 2. The molecular weight excluding hydrogens is 764 g/mol. The van der Waals surface area contributed by atoms with Crippen molar-refractivity contribution in [1.29, 1.82) is 0 Å². The summed E-state index contributed by atoms with van der Waals surface area (Å²) in [5, 5.41) is 11.4. The van der Waals surface area contributed by atoms with Crippen LogP contribution >= 0.6 is 11.3 Å². The maximum Gasteiger partial charge on any atom is 0.306 e. The van der Waals surface area contributed by atoms with Crippen molar-refractivity contribution in [2.24, 2.45) is 0 Å². The van der Waals surface area contributed by atoms with E-state index in [1.807, 2.05) is 0 Å². The van der Waals surface area contributed by atoms with Crippen LogP contribution in [0.2, 0.25) is 0 Å². The van der Waals surface area contributed by atoms with E-state index in [0.29, 0.717) is 10.3 Å². The summed E-state index contributed by atoms with van der Waals surface area (Å²) in [6.45, 7) is -0.846. The first-order valence-corrected chi connectivity index (χ1v) is 18.0. The largest absolute Gasteiger partial charge is 0.493 e. The highest BCUT2D eigenvalue weighted by molar-refractivity contribution is 7.20. The number of carbonyl (C=O) groups is 7. The molecule has 16 nitrogen and oxygen atoms in total. The van der Waals surface area contributed by atoms with E-state index in [2.05, 4.69) is 5.32 Å². The molecule has 0 saturated heterocycles. The third-order valence-electron chi connectivity index (χ3n) is 8.62. The van der Waals surface area contributed by atoms with Crippen LogP contribution in [-0.4, -0.2) is 103 Å². The number of ether oxygens (including phenoxy) is 5. The molecule has 2 N–H and O–H groups in total. The average Bonchev–Trinajstić information content (AvgIpc) is 3.90. The maximum absolute atomic E-state index is 15.7. The number of hydrogen-bond acceptors (Lipinski definition) is 13. The summed E-state index contributed by atoms with van der Waals surface area (Å²) in [4.78, 5) is 85.7. The smallest absolute Gasteiger partial charge is 0.306 e. The van der Waals surface area contributed by atoms with Crippen LogP contribution in [0, 0.1) is 11.6 Å². The lowest BCUT2D eigenvalue weighted by atomic mass is 10.1. The second-order valence-electron chi connectivity index (χ2n) is 12.4. The number of Topliss-reactive ketones (excluding diaryl/α,β-unsaturated/α-hetero) is 1. The number of halogens is 2. The lowest BCUT2D eigenvalue weighted by molar-refractivity contribution is -0.144. The molecule has 298 valence electrons. The molecule has 5 rings (SSSR count). The number of carbonyl (C=O) groups excluding carboxylic acids is 6. The number of carboxylic acid groups (broad SMARTS) is 1. The van der Waals surface area contributed by atoms with Gasteiger partial charge >= 0.3 is 11.9 Å². The molecule has 3 heterocycles. The lowest BCUT2D eigenvalue weighted by Crippen LogP contribution is -2.41. The normalized spacial score (nSPS) is 13.2. The van der Waals surface area contributed by atoms with Crippen molar-refractivity contribution >= 4 is 62.8 Å².